The average Bonchev–Trinajstić information content (AvgIpc) is 3.15. The van der Waals surface area contributed by atoms with Gasteiger partial charge in [-0.05, 0) is 36.8 Å². The van der Waals surface area contributed by atoms with E-state index in [1.807, 2.05) is 6.92 Å². The van der Waals surface area contributed by atoms with E-state index in [2.05, 4.69) is 20.8 Å². The number of carbonyl (C=O) groups excluding carboxylic acids is 2. The molecule has 0 aliphatic heterocycles. The lowest BCUT2D eigenvalue weighted by Crippen LogP contribution is -2.14. The number of benzene rings is 2. The van der Waals surface area contributed by atoms with E-state index in [-0.39, 0.29) is 26.7 Å². The van der Waals surface area contributed by atoms with Gasteiger partial charge in [0, 0.05) is 17.7 Å². The molecule has 0 saturated heterocycles. The first-order valence-electron chi connectivity index (χ1n) is 9.19. The molecule has 0 fully saturated rings. The molecule has 0 aliphatic carbocycles. The normalized spacial score (nSPS) is 11.1. The summed E-state index contributed by atoms with van der Waals surface area (Å²) in [5, 5.41) is 13.5. The van der Waals surface area contributed by atoms with Crippen LogP contribution in [0.1, 0.15) is 35.1 Å². The first-order chi connectivity index (χ1) is 14.4. The molecule has 0 aliphatic rings. The Kier molecular flexibility index (Phi) is 6.91. The van der Waals surface area contributed by atoms with Gasteiger partial charge in [-0.15, -0.1) is 10.2 Å². The van der Waals surface area contributed by atoms with Gasteiger partial charge in [0.2, 0.25) is 11.0 Å². The molecule has 0 radical (unpaired) electrons. The van der Waals surface area contributed by atoms with Crippen LogP contribution in [0.3, 0.4) is 0 Å². The van der Waals surface area contributed by atoms with Crippen LogP contribution in [0.15, 0.2) is 59.5 Å². The summed E-state index contributed by atoms with van der Waals surface area (Å²) in [5.74, 6) is -0.859. The van der Waals surface area contributed by atoms with Crippen molar-refractivity contribution in [3.05, 3.63) is 65.2 Å². The van der Waals surface area contributed by atoms with Crippen molar-refractivity contribution in [3.63, 3.8) is 0 Å². The van der Waals surface area contributed by atoms with Crippen molar-refractivity contribution in [2.45, 2.75) is 30.4 Å². The highest BCUT2D eigenvalue weighted by molar-refractivity contribution is 7.90. The molecule has 156 valence electrons. The minimum Gasteiger partial charge on any atom is -0.326 e. The van der Waals surface area contributed by atoms with Crippen molar-refractivity contribution < 1.29 is 18.0 Å². The van der Waals surface area contributed by atoms with Crippen LogP contribution >= 0.6 is 11.3 Å². The standard InChI is InChI=1S/C20H20N4O4S2/c1-2-7-17(25)21-15-9-6-8-14(12-15)19(26)22-20-24-23-18(29-20)13-30(27,28)16-10-4-3-5-11-16/h3-6,8-12H,2,7,13H2,1H3,(H,21,25)(H,22,24,26). The van der Waals surface area contributed by atoms with E-state index in [1.165, 1.54) is 12.1 Å². The minimum atomic E-state index is -3.55. The summed E-state index contributed by atoms with van der Waals surface area (Å²) in [6, 6.07) is 14.6. The number of aromatic nitrogens is 2. The Labute approximate surface area is 178 Å². The Hall–Kier alpha value is -3.11. The van der Waals surface area contributed by atoms with Crippen LogP contribution in [-0.2, 0) is 20.4 Å². The fraction of sp³-hybridized carbons (Fsp3) is 0.200. The van der Waals surface area contributed by atoms with Crippen LogP contribution < -0.4 is 10.6 Å². The molecule has 8 nitrogen and oxygen atoms in total. The topological polar surface area (TPSA) is 118 Å². The molecule has 1 heterocycles. The number of amides is 2. The quantitative estimate of drug-likeness (QED) is 0.549. The summed E-state index contributed by atoms with van der Waals surface area (Å²) < 4.78 is 24.9. The second-order valence-corrected chi connectivity index (χ2v) is 9.46. The number of rotatable bonds is 8. The average molecular weight is 445 g/mol. The molecule has 10 heteroatoms. The van der Waals surface area contributed by atoms with Gasteiger partial charge in [-0.2, -0.15) is 0 Å². The van der Waals surface area contributed by atoms with Crippen LogP contribution in [0.5, 0.6) is 0 Å². The maximum Gasteiger partial charge on any atom is 0.257 e. The van der Waals surface area contributed by atoms with Crippen LogP contribution in [0.2, 0.25) is 0 Å². The molecular formula is C20H20N4O4S2. The third-order valence-electron chi connectivity index (χ3n) is 3.99. The lowest BCUT2D eigenvalue weighted by molar-refractivity contribution is -0.116. The van der Waals surface area contributed by atoms with Crippen molar-refractivity contribution in [1.29, 1.82) is 0 Å². The summed E-state index contributed by atoms with van der Waals surface area (Å²) >= 11 is 0.996. The molecule has 0 atom stereocenters. The van der Waals surface area contributed by atoms with Crippen LogP contribution in [0.25, 0.3) is 0 Å². The first kappa shape index (κ1) is 21.6. The summed E-state index contributed by atoms with van der Waals surface area (Å²) in [7, 11) is -3.55. The third-order valence-corrected chi connectivity index (χ3v) is 6.65. The van der Waals surface area contributed by atoms with E-state index in [1.54, 1.807) is 42.5 Å². The molecule has 0 bridgehead atoms. The van der Waals surface area contributed by atoms with Crippen LogP contribution in [-0.4, -0.2) is 30.4 Å². The zero-order chi connectivity index (χ0) is 21.6. The molecule has 0 saturated carbocycles. The minimum absolute atomic E-state index is 0.122. The number of anilines is 2. The second-order valence-electron chi connectivity index (χ2n) is 6.41. The van der Waals surface area contributed by atoms with Crippen LogP contribution in [0, 0.1) is 0 Å². The van der Waals surface area contributed by atoms with Crippen molar-refractivity contribution in [1.82, 2.24) is 10.2 Å². The van der Waals surface area contributed by atoms with Gasteiger partial charge in [0.25, 0.3) is 5.91 Å². The van der Waals surface area contributed by atoms with E-state index >= 15 is 0 Å². The van der Waals surface area contributed by atoms with Gasteiger partial charge in [-0.25, -0.2) is 8.42 Å². The number of hydrogen-bond donors (Lipinski definition) is 2. The molecule has 3 rings (SSSR count). The number of sulfone groups is 1. The summed E-state index contributed by atoms with van der Waals surface area (Å²) in [5.41, 5.74) is 0.853. The van der Waals surface area contributed by atoms with E-state index in [9.17, 15) is 18.0 Å². The Balaban J connectivity index is 1.66. The molecule has 0 unspecified atom stereocenters. The number of nitrogens with one attached hydrogen (secondary N) is 2. The second kappa shape index (κ2) is 9.59. The molecular weight excluding hydrogens is 424 g/mol. The lowest BCUT2D eigenvalue weighted by atomic mass is 10.2. The fourth-order valence-corrected chi connectivity index (χ4v) is 4.95. The zero-order valence-electron chi connectivity index (χ0n) is 16.2. The first-order valence-corrected chi connectivity index (χ1v) is 11.7. The number of carbonyl (C=O) groups is 2. The molecule has 2 amide bonds. The Morgan fingerprint density at radius 2 is 1.77 bits per heavy atom. The smallest absolute Gasteiger partial charge is 0.257 e. The SMILES string of the molecule is CCCC(=O)Nc1cccc(C(=O)Nc2nnc(CS(=O)(=O)c3ccccc3)s2)c1. The van der Waals surface area contributed by atoms with Gasteiger partial charge in [0.1, 0.15) is 10.8 Å². The lowest BCUT2D eigenvalue weighted by Gasteiger charge is -2.06. The van der Waals surface area contributed by atoms with Crippen molar-refractivity contribution in [3.8, 4) is 0 Å². The van der Waals surface area contributed by atoms with Gasteiger partial charge < -0.3 is 5.32 Å². The Bertz CT molecular complexity index is 1140. The summed E-state index contributed by atoms with van der Waals surface area (Å²) in [4.78, 5) is 24.4. The molecule has 0 spiro atoms. The van der Waals surface area contributed by atoms with Gasteiger partial charge >= 0.3 is 0 Å². The maximum atomic E-state index is 12.5. The predicted octanol–water partition coefficient (Wildman–Crippen LogP) is 3.50. The number of nitrogens with zero attached hydrogens (tertiary/aromatic N) is 2. The van der Waals surface area contributed by atoms with Crippen molar-refractivity contribution >= 4 is 43.8 Å². The van der Waals surface area contributed by atoms with E-state index in [0.717, 1.165) is 17.8 Å². The largest absolute Gasteiger partial charge is 0.326 e. The van der Waals surface area contributed by atoms with Crippen molar-refractivity contribution in [2.75, 3.05) is 10.6 Å². The highest BCUT2D eigenvalue weighted by Gasteiger charge is 2.19. The van der Waals surface area contributed by atoms with Gasteiger partial charge in [0.05, 0.1) is 4.90 Å². The van der Waals surface area contributed by atoms with Crippen molar-refractivity contribution in [2.24, 2.45) is 0 Å². The Morgan fingerprint density at radius 1 is 1.00 bits per heavy atom. The predicted molar refractivity (Wildman–Crippen MR) is 115 cm³/mol. The van der Waals surface area contributed by atoms with Gasteiger partial charge in [-0.1, -0.05) is 42.5 Å². The molecule has 3 aromatic rings. The monoisotopic (exact) mass is 444 g/mol. The van der Waals surface area contributed by atoms with Gasteiger partial charge in [0.15, 0.2) is 9.84 Å². The molecule has 1 aromatic heterocycles. The summed E-state index contributed by atoms with van der Waals surface area (Å²) in [6.07, 6.45) is 1.13. The zero-order valence-corrected chi connectivity index (χ0v) is 17.8. The molecule has 30 heavy (non-hydrogen) atoms. The van der Waals surface area contributed by atoms with E-state index in [0.29, 0.717) is 17.7 Å². The summed E-state index contributed by atoms with van der Waals surface area (Å²) in [6.45, 7) is 1.91. The number of hydrogen-bond acceptors (Lipinski definition) is 7. The highest BCUT2D eigenvalue weighted by atomic mass is 32.2. The van der Waals surface area contributed by atoms with E-state index < -0.39 is 15.7 Å². The maximum absolute atomic E-state index is 12.5. The van der Waals surface area contributed by atoms with Crippen LogP contribution in [0.4, 0.5) is 10.8 Å². The molecule has 2 aromatic carbocycles. The molecule has 2 N–H and O–H groups in total. The Morgan fingerprint density at radius 3 is 2.50 bits per heavy atom. The highest BCUT2D eigenvalue weighted by Crippen LogP contribution is 2.22. The third kappa shape index (κ3) is 5.71. The fourth-order valence-electron chi connectivity index (χ4n) is 2.59. The van der Waals surface area contributed by atoms with E-state index in [4.69, 9.17) is 0 Å². The van der Waals surface area contributed by atoms with Gasteiger partial charge in [-0.3, -0.25) is 14.9 Å².